The van der Waals surface area contributed by atoms with Crippen LogP contribution in [0.5, 0.6) is 0 Å². The van der Waals surface area contributed by atoms with Gasteiger partial charge in [-0.25, -0.2) is 0 Å². The normalized spacial score (nSPS) is 12.5. The van der Waals surface area contributed by atoms with Gasteiger partial charge in [-0.2, -0.15) is 5.10 Å². The SMILES string of the molecule is C#CCC(NN)c1cc(C)n(C)n1. The van der Waals surface area contributed by atoms with Crippen molar-refractivity contribution in [2.24, 2.45) is 12.9 Å². The highest BCUT2D eigenvalue weighted by molar-refractivity contribution is 5.14. The van der Waals surface area contributed by atoms with Gasteiger partial charge in [0.15, 0.2) is 0 Å². The van der Waals surface area contributed by atoms with Crippen LogP contribution in [0.1, 0.15) is 23.9 Å². The van der Waals surface area contributed by atoms with Gasteiger partial charge in [0.2, 0.25) is 0 Å². The summed E-state index contributed by atoms with van der Waals surface area (Å²) < 4.78 is 1.80. The van der Waals surface area contributed by atoms with Gasteiger partial charge in [0, 0.05) is 19.2 Å². The number of nitrogens with one attached hydrogen (secondary N) is 1. The number of aromatic nitrogens is 2. The van der Waals surface area contributed by atoms with Gasteiger partial charge in [0.1, 0.15) is 0 Å². The van der Waals surface area contributed by atoms with E-state index in [0.29, 0.717) is 6.42 Å². The minimum absolute atomic E-state index is 0.0510. The Balaban J connectivity index is 2.86. The predicted molar refractivity (Wildman–Crippen MR) is 51.5 cm³/mol. The molecular weight excluding hydrogens is 164 g/mol. The van der Waals surface area contributed by atoms with E-state index in [1.54, 1.807) is 4.68 Å². The highest BCUT2D eigenvalue weighted by Crippen LogP contribution is 2.14. The van der Waals surface area contributed by atoms with Crippen LogP contribution in [0.25, 0.3) is 0 Å². The number of hydrazine groups is 1. The number of nitrogens with zero attached hydrogens (tertiary/aromatic N) is 2. The number of hydrogen-bond acceptors (Lipinski definition) is 3. The first-order chi connectivity index (χ1) is 6.19. The Labute approximate surface area is 78.1 Å². The molecule has 4 nitrogen and oxygen atoms in total. The fraction of sp³-hybridized carbons (Fsp3) is 0.444. The van der Waals surface area contributed by atoms with Crippen LogP contribution in [-0.4, -0.2) is 9.78 Å². The van der Waals surface area contributed by atoms with Crippen LogP contribution in [0.15, 0.2) is 6.07 Å². The number of aryl methyl sites for hydroxylation is 2. The van der Waals surface area contributed by atoms with Crippen molar-refractivity contribution >= 4 is 0 Å². The van der Waals surface area contributed by atoms with Gasteiger partial charge in [-0.15, -0.1) is 12.3 Å². The third-order valence-corrected chi connectivity index (χ3v) is 2.01. The summed E-state index contributed by atoms with van der Waals surface area (Å²) in [5.41, 5.74) is 4.62. The van der Waals surface area contributed by atoms with Crippen molar-refractivity contribution in [2.45, 2.75) is 19.4 Å². The van der Waals surface area contributed by atoms with Crippen molar-refractivity contribution in [3.05, 3.63) is 17.5 Å². The Hall–Kier alpha value is -1.31. The molecule has 0 radical (unpaired) electrons. The standard InChI is InChI=1S/C9H14N4/c1-4-5-8(11-10)9-6-7(2)13(3)12-9/h1,6,8,11H,5,10H2,2-3H3. The molecule has 0 saturated heterocycles. The molecule has 0 amide bonds. The summed E-state index contributed by atoms with van der Waals surface area (Å²) >= 11 is 0. The van der Waals surface area contributed by atoms with E-state index in [1.165, 1.54) is 0 Å². The summed E-state index contributed by atoms with van der Waals surface area (Å²) in [6, 6.07) is 1.92. The molecule has 0 aliphatic rings. The van der Waals surface area contributed by atoms with E-state index in [-0.39, 0.29) is 6.04 Å². The molecule has 3 N–H and O–H groups in total. The Morgan fingerprint density at radius 3 is 2.92 bits per heavy atom. The van der Waals surface area contributed by atoms with E-state index in [2.05, 4.69) is 16.4 Å². The number of hydrogen-bond donors (Lipinski definition) is 2. The van der Waals surface area contributed by atoms with Crippen LogP contribution in [0.3, 0.4) is 0 Å². The fourth-order valence-electron chi connectivity index (χ4n) is 1.13. The van der Waals surface area contributed by atoms with Gasteiger partial charge in [-0.3, -0.25) is 16.0 Å². The van der Waals surface area contributed by atoms with Crippen LogP contribution >= 0.6 is 0 Å². The van der Waals surface area contributed by atoms with Gasteiger partial charge >= 0.3 is 0 Å². The maximum atomic E-state index is 5.36. The predicted octanol–water partition coefficient (Wildman–Crippen LogP) is 0.256. The zero-order valence-electron chi connectivity index (χ0n) is 7.91. The van der Waals surface area contributed by atoms with Gasteiger partial charge in [0.05, 0.1) is 11.7 Å². The summed E-state index contributed by atoms with van der Waals surface area (Å²) in [4.78, 5) is 0. The van der Waals surface area contributed by atoms with Gasteiger partial charge in [-0.05, 0) is 13.0 Å². The van der Waals surface area contributed by atoms with E-state index in [9.17, 15) is 0 Å². The molecule has 1 rings (SSSR count). The van der Waals surface area contributed by atoms with Crippen molar-refractivity contribution in [1.29, 1.82) is 0 Å². The average Bonchev–Trinajstić information content (AvgIpc) is 2.43. The van der Waals surface area contributed by atoms with E-state index in [4.69, 9.17) is 12.3 Å². The van der Waals surface area contributed by atoms with Crippen molar-refractivity contribution < 1.29 is 0 Å². The molecule has 13 heavy (non-hydrogen) atoms. The van der Waals surface area contributed by atoms with Crippen molar-refractivity contribution in [3.63, 3.8) is 0 Å². The molecule has 1 unspecified atom stereocenters. The van der Waals surface area contributed by atoms with Crippen molar-refractivity contribution in [2.75, 3.05) is 0 Å². The van der Waals surface area contributed by atoms with Crippen LogP contribution in [0.4, 0.5) is 0 Å². The maximum absolute atomic E-state index is 5.36. The number of rotatable bonds is 3. The molecule has 4 heteroatoms. The van der Waals surface area contributed by atoms with Crippen molar-refractivity contribution in [3.8, 4) is 12.3 Å². The van der Waals surface area contributed by atoms with Crippen LogP contribution in [0, 0.1) is 19.3 Å². The van der Waals surface area contributed by atoms with Gasteiger partial charge < -0.3 is 0 Å². The summed E-state index contributed by atoms with van der Waals surface area (Å²) in [5.74, 6) is 7.91. The fourth-order valence-corrected chi connectivity index (χ4v) is 1.13. The molecule has 1 heterocycles. The smallest absolute Gasteiger partial charge is 0.0819 e. The lowest BCUT2D eigenvalue weighted by Crippen LogP contribution is -2.28. The molecular formula is C9H14N4. The lowest BCUT2D eigenvalue weighted by atomic mass is 10.1. The Morgan fingerprint density at radius 2 is 2.54 bits per heavy atom. The third kappa shape index (κ3) is 2.08. The minimum atomic E-state index is -0.0510. The first-order valence-corrected chi connectivity index (χ1v) is 4.09. The van der Waals surface area contributed by atoms with Crippen molar-refractivity contribution in [1.82, 2.24) is 15.2 Å². The Morgan fingerprint density at radius 1 is 1.85 bits per heavy atom. The minimum Gasteiger partial charge on any atom is -0.273 e. The molecule has 0 aliphatic heterocycles. The topological polar surface area (TPSA) is 55.9 Å². The average molecular weight is 178 g/mol. The molecule has 0 aliphatic carbocycles. The molecule has 1 aromatic heterocycles. The third-order valence-electron chi connectivity index (χ3n) is 2.01. The lowest BCUT2D eigenvalue weighted by Gasteiger charge is -2.08. The summed E-state index contributed by atoms with van der Waals surface area (Å²) in [6.07, 6.45) is 5.76. The van der Waals surface area contributed by atoms with Crippen LogP contribution < -0.4 is 11.3 Å². The Kier molecular flexibility index (Phi) is 3.07. The molecule has 0 fully saturated rings. The number of nitrogens with two attached hydrogens (primary N) is 1. The quantitative estimate of drug-likeness (QED) is 0.396. The van der Waals surface area contributed by atoms with Crippen LogP contribution in [-0.2, 0) is 7.05 Å². The van der Waals surface area contributed by atoms with E-state index >= 15 is 0 Å². The van der Waals surface area contributed by atoms with E-state index < -0.39 is 0 Å². The zero-order valence-corrected chi connectivity index (χ0v) is 7.91. The summed E-state index contributed by atoms with van der Waals surface area (Å²) in [7, 11) is 1.89. The lowest BCUT2D eigenvalue weighted by molar-refractivity contribution is 0.543. The first kappa shape index (κ1) is 9.78. The maximum Gasteiger partial charge on any atom is 0.0819 e. The second-order valence-corrected chi connectivity index (χ2v) is 2.96. The second kappa shape index (κ2) is 4.08. The van der Waals surface area contributed by atoms with Crippen LogP contribution in [0.2, 0.25) is 0 Å². The van der Waals surface area contributed by atoms with Gasteiger partial charge in [0.25, 0.3) is 0 Å². The monoisotopic (exact) mass is 178 g/mol. The Bertz CT molecular complexity index is 301. The highest BCUT2D eigenvalue weighted by Gasteiger charge is 2.12. The van der Waals surface area contributed by atoms with E-state index in [0.717, 1.165) is 11.4 Å². The summed E-state index contributed by atoms with van der Waals surface area (Å²) in [6.45, 7) is 1.99. The first-order valence-electron chi connectivity index (χ1n) is 4.09. The molecule has 70 valence electrons. The second-order valence-electron chi connectivity index (χ2n) is 2.96. The molecule has 1 aromatic rings. The largest absolute Gasteiger partial charge is 0.273 e. The van der Waals surface area contributed by atoms with E-state index in [1.807, 2.05) is 20.0 Å². The summed E-state index contributed by atoms with van der Waals surface area (Å²) in [5, 5.41) is 4.28. The highest BCUT2D eigenvalue weighted by atomic mass is 15.3. The molecule has 0 bridgehead atoms. The molecule has 0 spiro atoms. The molecule has 0 aromatic carbocycles. The molecule has 0 saturated carbocycles. The number of terminal acetylenes is 1. The van der Waals surface area contributed by atoms with Gasteiger partial charge in [-0.1, -0.05) is 0 Å². The molecule has 1 atom stereocenters. The zero-order chi connectivity index (χ0) is 9.84.